The minimum atomic E-state index is -0.374. The fourth-order valence-corrected chi connectivity index (χ4v) is 2.34. The van der Waals surface area contributed by atoms with Gasteiger partial charge in [0.2, 0.25) is 0 Å². The van der Waals surface area contributed by atoms with Gasteiger partial charge in [0.25, 0.3) is 5.69 Å². The maximum atomic E-state index is 11.1. The van der Waals surface area contributed by atoms with E-state index in [9.17, 15) is 10.1 Å². The minimum absolute atomic E-state index is 0.0873. The molecule has 100 valence electrons. The molecule has 1 aromatic carbocycles. The predicted molar refractivity (Wildman–Crippen MR) is 74.9 cm³/mol. The second kappa shape index (κ2) is 4.73. The van der Waals surface area contributed by atoms with Crippen molar-refractivity contribution in [1.82, 2.24) is 14.5 Å². The van der Waals surface area contributed by atoms with E-state index >= 15 is 0 Å². The van der Waals surface area contributed by atoms with Crippen molar-refractivity contribution in [3.05, 3.63) is 58.9 Å². The zero-order valence-corrected chi connectivity index (χ0v) is 10.9. The summed E-state index contributed by atoms with van der Waals surface area (Å²) in [6.07, 6.45) is 7.57. The number of rotatable bonds is 3. The van der Waals surface area contributed by atoms with E-state index in [0.29, 0.717) is 5.39 Å². The SMILES string of the molecule is CCc1nccn1-c1ccc([N+](=O)[O-])c2ccncc12. The van der Waals surface area contributed by atoms with E-state index in [-0.39, 0.29) is 10.6 Å². The molecule has 0 spiro atoms. The molecule has 0 saturated carbocycles. The van der Waals surface area contributed by atoms with Crippen LogP contribution in [-0.4, -0.2) is 19.5 Å². The molecular weight excluding hydrogens is 256 g/mol. The zero-order chi connectivity index (χ0) is 14.1. The van der Waals surface area contributed by atoms with Crippen LogP contribution in [0.15, 0.2) is 43.0 Å². The second-order valence-electron chi connectivity index (χ2n) is 4.35. The fraction of sp³-hybridized carbons (Fsp3) is 0.143. The Labute approximate surface area is 114 Å². The molecule has 0 aliphatic carbocycles. The van der Waals surface area contributed by atoms with Gasteiger partial charge in [-0.3, -0.25) is 15.1 Å². The summed E-state index contributed by atoms with van der Waals surface area (Å²) in [5.74, 6) is 0.906. The smallest absolute Gasteiger partial charge is 0.277 e. The van der Waals surface area contributed by atoms with E-state index in [1.165, 1.54) is 6.07 Å². The number of nitro benzene ring substituents is 1. The van der Waals surface area contributed by atoms with Crippen molar-refractivity contribution in [3.63, 3.8) is 0 Å². The number of benzene rings is 1. The molecule has 0 fully saturated rings. The van der Waals surface area contributed by atoms with Crippen LogP contribution in [0.1, 0.15) is 12.7 Å². The van der Waals surface area contributed by atoms with E-state index in [1.807, 2.05) is 17.7 Å². The first kappa shape index (κ1) is 12.3. The van der Waals surface area contributed by atoms with Crippen molar-refractivity contribution in [1.29, 1.82) is 0 Å². The fourth-order valence-electron chi connectivity index (χ4n) is 2.34. The summed E-state index contributed by atoms with van der Waals surface area (Å²) in [5.41, 5.74) is 0.942. The summed E-state index contributed by atoms with van der Waals surface area (Å²) in [7, 11) is 0. The van der Waals surface area contributed by atoms with Gasteiger partial charge in [0.15, 0.2) is 0 Å². The Bertz CT molecular complexity index is 795. The summed E-state index contributed by atoms with van der Waals surface area (Å²) >= 11 is 0. The number of nitro groups is 1. The van der Waals surface area contributed by atoms with Crippen molar-refractivity contribution in [2.45, 2.75) is 13.3 Å². The van der Waals surface area contributed by atoms with E-state index in [0.717, 1.165) is 23.3 Å². The number of imidazole rings is 1. The van der Waals surface area contributed by atoms with Crippen LogP contribution in [0.5, 0.6) is 0 Å². The Morgan fingerprint density at radius 2 is 2.10 bits per heavy atom. The molecule has 6 nitrogen and oxygen atoms in total. The molecule has 2 aromatic heterocycles. The number of hydrogen-bond acceptors (Lipinski definition) is 4. The van der Waals surface area contributed by atoms with Crippen LogP contribution in [0.2, 0.25) is 0 Å². The molecular formula is C14H12N4O2. The Hall–Kier alpha value is -2.76. The van der Waals surface area contributed by atoms with Crippen molar-refractivity contribution in [2.75, 3.05) is 0 Å². The first-order chi connectivity index (χ1) is 9.72. The summed E-state index contributed by atoms with van der Waals surface area (Å²) in [5, 5.41) is 12.4. The highest BCUT2D eigenvalue weighted by molar-refractivity contribution is 5.96. The van der Waals surface area contributed by atoms with Crippen LogP contribution in [0.3, 0.4) is 0 Å². The summed E-state index contributed by atoms with van der Waals surface area (Å²) in [6.45, 7) is 2.02. The van der Waals surface area contributed by atoms with Crippen LogP contribution in [0.4, 0.5) is 5.69 Å². The lowest BCUT2D eigenvalue weighted by Gasteiger charge is -2.10. The largest absolute Gasteiger partial charge is 0.303 e. The molecule has 0 saturated heterocycles. The number of fused-ring (bicyclic) bond motifs is 1. The zero-order valence-electron chi connectivity index (χ0n) is 10.9. The van der Waals surface area contributed by atoms with Gasteiger partial charge in [-0.05, 0) is 12.1 Å². The topological polar surface area (TPSA) is 73.8 Å². The van der Waals surface area contributed by atoms with E-state index < -0.39 is 0 Å². The lowest BCUT2D eigenvalue weighted by atomic mass is 10.1. The number of non-ortho nitro benzene ring substituents is 1. The highest BCUT2D eigenvalue weighted by atomic mass is 16.6. The summed E-state index contributed by atoms with van der Waals surface area (Å²) < 4.78 is 1.94. The molecule has 0 unspecified atom stereocenters. The Kier molecular flexibility index (Phi) is 2.90. The maximum Gasteiger partial charge on any atom is 0.277 e. The van der Waals surface area contributed by atoms with Gasteiger partial charge in [-0.2, -0.15) is 0 Å². The first-order valence-electron chi connectivity index (χ1n) is 6.26. The maximum absolute atomic E-state index is 11.1. The predicted octanol–water partition coefficient (Wildman–Crippen LogP) is 2.89. The average molecular weight is 268 g/mol. The van der Waals surface area contributed by atoms with Gasteiger partial charge in [-0.1, -0.05) is 6.92 Å². The van der Waals surface area contributed by atoms with Gasteiger partial charge in [0.05, 0.1) is 16.0 Å². The van der Waals surface area contributed by atoms with Crippen LogP contribution in [0, 0.1) is 10.1 Å². The van der Waals surface area contributed by atoms with Crippen LogP contribution in [0.25, 0.3) is 16.5 Å². The number of pyridine rings is 1. The van der Waals surface area contributed by atoms with Crippen LogP contribution < -0.4 is 0 Å². The van der Waals surface area contributed by atoms with E-state index in [2.05, 4.69) is 9.97 Å². The normalized spacial score (nSPS) is 10.8. The lowest BCUT2D eigenvalue weighted by molar-refractivity contribution is -0.383. The quantitative estimate of drug-likeness (QED) is 0.540. The molecule has 0 radical (unpaired) electrons. The van der Waals surface area contributed by atoms with E-state index in [1.54, 1.807) is 30.7 Å². The third-order valence-electron chi connectivity index (χ3n) is 3.26. The number of aromatic nitrogens is 3. The third-order valence-corrected chi connectivity index (χ3v) is 3.26. The first-order valence-corrected chi connectivity index (χ1v) is 6.26. The Morgan fingerprint density at radius 3 is 2.85 bits per heavy atom. The highest BCUT2D eigenvalue weighted by Crippen LogP contribution is 2.30. The second-order valence-corrected chi connectivity index (χ2v) is 4.35. The number of aryl methyl sites for hydroxylation is 1. The molecule has 3 rings (SSSR count). The molecule has 0 bridgehead atoms. The van der Waals surface area contributed by atoms with Gasteiger partial charge in [-0.15, -0.1) is 0 Å². The molecule has 20 heavy (non-hydrogen) atoms. The summed E-state index contributed by atoms with van der Waals surface area (Å²) in [6, 6.07) is 4.93. The molecule has 0 atom stereocenters. The van der Waals surface area contributed by atoms with Gasteiger partial charge >= 0.3 is 0 Å². The van der Waals surface area contributed by atoms with Crippen molar-refractivity contribution >= 4 is 16.5 Å². The van der Waals surface area contributed by atoms with Gasteiger partial charge in [0.1, 0.15) is 5.82 Å². The van der Waals surface area contributed by atoms with Crippen molar-refractivity contribution in [3.8, 4) is 5.69 Å². The minimum Gasteiger partial charge on any atom is -0.303 e. The summed E-state index contributed by atoms with van der Waals surface area (Å²) in [4.78, 5) is 19.1. The molecule has 0 amide bonds. The van der Waals surface area contributed by atoms with Gasteiger partial charge in [0, 0.05) is 42.7 Å². The Morgan fingerprint density at radius 1 is 1.25 bits per heavy atom. The molecule has 6 heteroatoms. The van der Waals surface area contributed by atoms with Crippen LogP contribution in [-0.2, 0) is 6.42 Å². The molecule has 3 aromatic rings. The lowest BCUT2D eigenvalue weighted by Crippen LogP contribution is -2.01. The van der Waals surface area contributed by atoms with Crippen LogP contribution >= 0.6 is 0 Å². The number of nitrogens with zero attached hydrogens (tertiary/aromatic N) is 4. The van der Waals surface area contributed by atoms with Crippen molar-refractivity contribution in [2.24, 2.45) is 0 Å². The average Bonchev–Trinajstić information content (AvgIpc) is 2.94. The molecule has 0 aliphatic heterocycles. The Balaban J connectivity index is 2.34. The molecule has 0 aliphatic rings. The standard InChI is InChI=1S/C14H12N4O2/c1-2-14-16-7-8-17(14)12-3-4-13(18(19)20)10-5-6-15-9-11(10)12/h3-9H,2H2,1H3. The van der Waals surface area contributed by atoms with Gasteiger partial charge < -0.3 is 4.57 Å². The highest BCUT2D eigenvalue weighted by Gasteiger charge is 2.16. The third kappa shape index (κ3) is 1.82. The van der Waals surface area contributed by atoms with Crippen molar-refractivity contribution < 1.29 is 4.92 Å². The molecule has 2 heterocycles. The molecule has 0 N–H and O–H groups in total. The monoisotopic (exact) mass is 268 g/mol. The number of hydrogen-bond donors (Lipinski definition) is 0. The van der Waals surface area contributed by atoms with E-state index in [4.69, 9.17) is 0 Å². The van der Waals surface area contributed by atoms with Gasteiger partial charge in [-0.25, -0.2) is 4.98 Å².